The maximum atomic E-state index is 13.3. The maximum absolute atomic E-state index is 13.3. The number of nitrogens with one attached hydrogen (secondary N) is 1. The molecule has 3 aliphatic heterocycles. The topological polar surface area (TPSA) is 167 Å². The molecule has 15 nitrogen and oxygen atoms in total. The van der Waals surface area contributed by atoms with Crippen LogP contribution in [0.5, 0.6) is 23.0 Å². The smallest absolute Gasteiger partial charge is 0.255 e. The fraction of sp³-hybridized carbons (Fsp3) is 0.380. The molecule has 348 valence electrons. The lowest BCUT2D eigenvalue weighted by Crippen LogP contribution is -2.52. The third-order valence-electron chi connectivity index (χ3n) is 12.5. The van der Waals surface area contributed by atoms with Crippen molar-refractivity contribution in [3.8, 4) is 34.1 Å². The number of carbonyl (C=O) groups excluding carboxylic acids is 3. The van der Waals surface area contributed by atoms with E-state index in [0.717, 1.165) is 85.5 Å². The number of carbonyl (C=O) groups is 3. The zero-order valence-electron chi connectivity index (χ0n) is 37.4. The molecule has 0 saturated carbocycles. The van der Waals surface area contributed by atoms with Crippen molar-refractivity contribution in [2.45, 2.75) is 37.2 Å². The van der Waals surface area contributed by atoms with Crippen molar-refractivity contribution in [2.75, 3.05) is 96.5 Å². The summed E-state index contributed by atoms with van der Waals surface area (Å²) in [5.41, 5.74) is 4.20. The van der Waals surface area contributed by atoms with E-state index in [1.165, 1.54) is 6.26 Å². The minimum atomic E-state index is -3.34. The molecule has 0 bridgehead atoms. The molecule has 5 aromatic rings. The van der Waals surface area contributed by atoms with Crippen LogP contribution < -0.4 is 19.7 Å². The number of rotatable bonds is 20. The number of likely N-dealkylation sites (N-methyl/N-ethyl adjacent to an activating group) is 1. The molecular formula is C50H57N5O10S. The minimum Gasteiger partial charge on any atom is -0.508 e. The Hall–Kier alpha value is -6.04. The molecular weight excluding hydrogens is 863 g/mol. The van der Waals surface area contributed by atoms with Crippen molar-refractivity contribution < 1.29 is 46.9 Å². The van der Waals surface area contributed by atoms with Gasteiger partial charge in [-0.25, -0.2) is 8.42 Å². The first kappa shape index (κ1) is 46.5. The normalized spacial score (nSPS) is 16.8. The quantitative estimate of drug-likeness (QED) is 0.0719. The Morgan fingerprint density at radius 2 is 1.52 bits per heavy atom. The van der Waals surface area contributed by atoms with E-state index < -0.39 is 21.8 Å². The van der Waals surface area contributed by atoms with Crippen LogP contribution >= 0.6 is 0 Å². The molecule has 3 amide bonds. The van der Waals surface area contributed by atoms with Crippen LogP contribution in [0.4, 0.5) is 5.69 Å². The number of ether oxygens (including phenoxy) is 4. The van der Waals surface area contributed by atoms with Gasteiger partial charge >= 0.3 is 0 Å². The Kier molecular flexibility index (Phi) is 14.8. The number of imide groups is 1. The number of anilines is 1. The fourth-order valence-corrected chi connectivity index (χ4v) is 9.37. The predicted molar refractivity (Wildman–Crippen MR) is 251 cm³/mol. The molecule has 8 rings (SSSR count). The van der Waals surface area contributed by atoms with Crippen molar-refractivity contribution in [1.82, 2.24) is 20.0 Å². The van der Waals surface area contributed by atoms with Gasteiger partial charge in [0.05, 0.1) is 31.3 Å². The van der Waals surface area contributed by atoms with Gasteiger partial charge in [0.1, 0.15) is 35.6 Å². The number of benzene rings is 5. The van der Waals surface area contributed by atoms with E-state index in [-0.39, 0.29) is 28.9 Å². The molecule has 2 fully saturated rings. The van der Waals surface area contributed by atoms with Crippen molar-refractivity contribution in [2.24, 2.45) is 0 Å². The molecule has 5 aromatic carbocycles. The van der Waals surface area contributed by atoms with Gasteiger partial charge in [0, 0.05) is 92.8 Å². The summed E-state index contributed by atoms with van der Waals surface area (Å²) in [7, 11) is -3.34. The molecule has 3 aliphatic rings. The number of piperazine rings is 1. The Morgan fingerprint density at radius 1 is 0.788 bits per heavy atom. The highest BCUT2D eigenvalue weighted by Crippen LogP contribution is 2.41. The Balaban J connectivity index is 0.716. The minimum absolute atomic E-state index is 0.148. The highest BCUT2D eigenvalue weighted by Gasteiger charge is 2.40. The summed E-state index contributed by atoms with van der Waals surface area (Å²) in [6.07, 6.45) is 1.77. The van der Waals surface area contributed by atoms with Crippen LogP contribution in [0.15, 0.2) is 102 Å². The number of fused-ring (bicyclic) bond motifs is 2. The van der Waals surface area contributed by atoms with E-state index in [1.54, 1.807) is 41.3 Å². The number of nitrogens with zero attached hydrogens (tertiary/aromatic N) is 4. The summed E-state index contributed by atoms with van der Waals surface area (Å²) < 4.78 is 48.5. The van der Waals surface area contributed by atoms with Crippen LogP contribution in [0, 0.1) is 0 Å². The average molecular weight is 920 g/mol. The molecule has 0 aromatic heterocycles. The van der Waals surface area contributed by atoms with Crippen LogP contribution in [0.25, 0.3) is 21.9 Å². The second kappa shape index (κ2) is 21.1. The first-order chi connectivity index (χ1) is 31.9. The maximum Gasteiger partial charge on any atom is 0.255 e. The number of phenolic OH excluding ortho intramolecular Hbond substituents is 1. The van der Waals surface area contributed by atoms with E-state index in [4.69, 9.17) is 18.9 Å². The largest absolute Gasteiger partial charge is 0.508 e. The van der Waals surface area contributed by atoms with E-state index in [0.29, 0.717) is 68.8 Å². The van der Waals surface area contributed by atoms with Crippen molar-refractivity contribution in [3.63, 3.8) is 0 Å². The first-order valence-electron chi connectivity index (χ1n) is 22.5. The van der Waals surface area contributed by atoms with Crippen LogP contribution in [-0.2, 0) is 35.4 Å². The molecule has 0 spiro atoms. The predicted octanol–water partition coefficient (Wildman–Crippen LogP) is 5.73. The molecule has 2 N–H and O–H groups in total. The third-order valence-corrected chi connectivity index (χ3v) is 13.6. The van der Waals surface area contributed by atoms with Crippen LogP contribution in [0.1, 0.15) is 35.7 Å². The molecule has 2 saturated heterocycles. The standard InChI is InChI=1S/C50H57N5O10S/c1-3-52(27-30-64-38-11-13-39(14-12-38)65-48-41(17-9-36-33-37(56)10-18-42(36)48)35-7-15-40(16-8-35)66(2,60)61)25-28-62-31-32-63-29-26-53-21-23-54(24-22-53)45-6-4-5-43-44(45)34-55(50(43)59)46-19-20-47(57)51-49(46)58/h4-18,33,46,56H,3,19-32,34H2,1-2H3,(H,51,57,58). The lowest BCUT2D eigenvalue weighted by molar-refractivity contribution is -0.136. The van der Waals surface area contributed by atoms with E-state index in [9.17, 15) is 27.9 Å². The van der Waals surface area contributed by atoms with Gasteiger partial charge in [-0.1, -0.05) is 31.2 Å². The van der Waals surface area contributed by atoms with Gasteiger partial charge in [0.2, 0.25) is 11.8 Å². The van der Waals surface area contributed by atoms with Crippen molar-refractivity contribution in [3.05, 3.63) is 108 Å². The second-order valence-corrected chi connectivity index (χ2v) is 18.8. The Labute approximate surface area is 385 Å². The van der Waals surface area contributed by atoms with Gasteiger partial charge in [-0.2, -0.15) is 0 Å². The Bertz CT molecular complexity index is 2640. The number of amides is 3. The number of sulfone groups is 1. The summed E-state index contributed by atoms with van der Waals surface area (Å²) in [5, 5.41) is 14.1. The van der Waals surface area contributed by atoms with Crippen molar-refractivity contribution >= 4 is 44.0 Å². The molecule has 1 unspecified atom stereocenters. The molecule has 3 heterocycles. The second-order valence-electron chi connectivity index (χ2n) is 16.8. The van der Waals surface area contributed by atoms with Crippen LogP contribution in [0.2, 0.25) is 0 Å². The Morgan fingerprint density at radius 3 is 2.24 bits per heavy atom. The van der Waals surface area contributed by atoms with E-state index in [1.807, 2.05) is 54.6 Å². The van der Waals surface area contributed by atoms with Gasteiger partial charge in [-0.3, -0.25) is 29.5 Å². The molecule has 66 heavy (non-hydrogen) atoms. The summed E-state index contributed by atoms with van der Waals surface area (Å²) in [5.74, 6) is 1.21. The van der Waals surface area contributed by atoms with Crippen LogP contribution in [0.3, 0.4) is 0 Å². The highest BCUT2D eigenvalue weighted by molar-refractivity contribution is 7.90. The summed E-state index contributed by atoms with van der Waals surface area (Å²) in [6, 6.07) is 28.2. The third kappa shape index (κ3) is 11.1. The lowest BCUT2D eigenvalue weighted by Gasteiger charge is -2.37. The van der Waals surface area contributed by atoms with Crippen molar-refractivity contribution in [1.29, 1.82) is 0 Å². The number of aromatic hydroxyl groups is 1. The SMILES string of the molecule is CCN(CCOCCOCCN1CCN(c2cccc3c2CN(C2CCC(=O)NC2=O)C3=O)CC1)CCOc1ccc(Oc2c(-c3ccc(S(C)(=O)=O)cc3)ccc3cc(O)ccc23)cc1. The fourth-order valence-electron chi connectivity index (χ4n) is 8.74. The highest BCUT2D eigenvalue weighted by atomic mass is 32.2. The zero-order chi connectivity index (χ0) is 46.2. The summed E-state index contributed by atoms with van der Waals surface area (Å²) in [4.78, 5) is 46.3. The molecule has 0 aliphatic carbocycles. The number of phenols is 1. The monoisotopic (exact) mass is 919 g/mol. The summed E-state index contributed by atoms with van der Waals surface area (Å²) in [6.45, 7) is 11.8. The summed E-state index contributed by atoms with van der Waals surface area (Å²) >= 11 is 0. The van der Waals surface area contributed by atoms with Crippen LogP contribution in [-0.4, -0.2) is 144 Å². The van der Waals surface area contributed by atoms with Gasteiger partial charge in [-0.05, 0) is 96.7 Å². The zero-order valence-corrected chi connectivity index (χ0v) is 38.3. The number of hydrogen-bond acceptors (Lipinski definition) is 13. The van der Waals surface area contributed by atoms with E-state index >= 15 is 0 Å². The molecule has 1 atom stereocenters. The van der Waals surface area contributed by atoms with Gasteiger partial charge < -0.3 is 33.9 Å². The number of hydrogen-bond donors (Lipinski definition) is 2. The first-order valence-corrected chi connectivity index (χ1v) is 24.4. The van der Waals surface area contributed by atoms with Gasteiger partial charge in [0.25, 0.3) is 5.91 Å². The van der Waals surface area contributed by atoms with Gasteiger partial charge in [0.15, 0.2) is 9.84 Å². The molecule has 16 heteroatoms. The molecule has 0 radical (unpaired) electrons. The average Bonchev–Trinajstić information content (AvgIpc) is 3.65. The lowest BCUT2D eigenvalue weighted by atomic mass is 9.99. The number of piperidine rings is 1. The van der Waals surface area contributed by atoms with Gasteiger partial charge in [-0.15, -0.1) is 0 Å². The van der Waals surface area contributed by atoms with E-state index in [2.05, 4.69) is 33.0 Å².